The number of nitrogens with zero attached hydrogens (tertiary/aromatic N) is 5. The molecular weight excluding hydrogens is 435 g/mol. The Morgan fingerprint density at radius 2 is 2.00 bits per heavy atom. The van der Waals surface area contributed by atoms with Gasteiger partial charge in [0.15, 0.2) is 11.6 Å². The third-order valence-corrected chi connectivity index (χ3v) is 5.38. The second-order valence-corrected chi connectivity index (χ2v) is 9.04. The lowest BCUT2D eigenvalue weighted by Gasteiger charge is -2.44. The standard InChI is InChI=1S/C22H24ClFN6O2/c1-22(2,3)32-21(31)29(4)13-10-30(11-13)17-9-8-16-19(28-17)20(26-12-25-16)27-15-7-5-6-14(23)18(15)24/h5-9,12-13H,10-11H2,1-4H3,(H,25,26,27). The Balaban J connectivity index is 1.51. The third kappa shape index (κ3) is 4.52. The van der Waals surface area contributed by atoms with E-state index in [9.17, 15) is 9.18 Å². The van der Waals surface area contributed by atoms with Crippen LogP contribution in [0, 0.1) is 5.82 Å². The number of likely N-dealkylation sites (N-methyl/N-ethyl adjacent to an activating group) is 1. The van der Waals surface area contributed by atoms with Gasteiger partial charge in [0.25, 0.3) is 0 Å². The van der Waals surface area contributed by atoms with Crippen molar-refractivity contribution >= 4 is 46.1 Å². The minimum absolute atomic E-state index is 0.0164. The summed E-state index contributed by atoms with van der Waals surface area (Å²) in [5.41, 5.74) is 0.790. The number of rotatable bonds is 4. The van der Waals surface area contributed by atoms with Crippen LogP contribution in [-0.2, 0) is 4.74 Å². The Morgan fingerprint density at radius 3 is 2.72 bits per heavy atom. The fraction of sp³-hybridized carbons (Fsp3) is 0.364. The van der Waals surface area contributed by atoms with Gasteiger partial charge in [-0.1, -0.05) is 17.7 Å². The van der Waals surface area contributed by atoms with E-state index >= 15 is 0 Å². The van der Waals surface area contributed by atoms with Crippen molar-refractivity contribution in [1.82, 2.24) is 19.9 Å². The van der Waals surface area contributed by atoms with Crippen LogP contribution in [0.15, 0.2) is 36.7 Å². The number of fused-ring (bicyclic) bond motifs is 1. The molecule has 0 unspecified atom stereocenters. The summed E-state index contributed by atoms with van der Waals surface area (Å²) in [6, 6.07) is 8.42. The van der Waals surface area contributed by atoms with E-state index in [0.717, 1.165) is 5.82 Å². The van der Waals surface area contributed by atoms with Crippen molar-refractivity contribution < 1.29 is 13.9 Å². The largest absolute Gasteiger partial charge is 0.444 e. The zero-order valence-corrected chi connectivity index (χ0v) is 19.0. The normalized spacial score (nSPS) is 14.2. The summed E-state index contributed by atoms with van der Waals surface area (Å²) in [5, 5.41) is 2.98. The maximum atomic E-state index is 14.3. The van der Waals surface area contributed by atoms with Gasteiger partial charge in [-0.05, 0) is 45.0 Å². The van der Waals surface area contributed by atoms with Crippen LogP contribution in [0.2, 0.25) is 5.02 Å². The first-order valence-electron chi connectivity index (χ1n) is 10.2. The van der Waals surface area contributed by atoms with Gasteiger partial charge in [0, 0.05) is 20.1 Å². The summed E-state index contributed by atoms with van der Waals surface area (Å²) in [6.07, 6.45) is 1.04. The van der Waals surface area contributed by atoms with Gasteiger partial charge in [0.05, 0.1) is 22.3 Å². The van der Waals surface area contributed by atoms with E-state index in [-0.39, 0.29) is 22.8 Å². The summed E-state index contributed by atoms with van der Waals surface area (Å²) in [5.74, 6) is 0.532. The van der Waals surface area contributed by atoms with Crippen molar-refractivity contribution in [3.05, 3.63) is 47.5 Å². The average Bonchev–Trinajstić information content (AvgIpc) is 2.69. The number of anilines is 3. The predicted octanol–water partition coefficient (Wildman–Crippen LogP) is 4.62. The molecule has 1 aliphatic rings. The number of carbonyl (C=O) groups excluding carboxylic acids is 1. The lowest BCUT2D eigenvalue weighted by molar-refractivity contribution is 0.0196. The van der Waals surface area contributed by atoms with Crippen LogP contribution in [-0.4, -0.2) is 57.7 Å². The summed E-state index contributed by atoms with van der Waals surface area (Å²) < 4.78 is 19.8. The van der Waals surface area contributed by atoms with E-state index in [1.165, 1.54) is 12.4 Å². The van der Waals surface area contributed by atoms with Crippen LogP contribution in [0.3, 0.4) is 0 Å². The Bertz CT molecular complexity index is 1160. The molecule has 0 spiro atoms. The van der Waals surface area contributed by atoms with E-state index in [2.05, 4.69) is 15.3 Å². The highest BCUT2D eigenvalue weighted by Crippen LogP contribution is 2.29. The van der Waals surface area contributed by atoms with Crippen LogP contribution < -0.4 is 10.2 Å². The third-order valence-electron chi connectivity index (χ3n) is 5.09. The molecule has 8 nitrogen and oxygen atoms in total. The zero-order chi connectivity index (χ0) is 23.0. The molecule has 3 heterocycles. The zero-order valence-electron chi connectivity index (χ0n) is 18.3. The number of aromatic nitrogens is 3. The van der Waals surface area contributed by atoms with Crippen molar-refractivity contribution in [1.29, 1.82) is 0 Å². The van der Waals surface area contributed by atoms with Crippen molar-refractivity contribution in [3.8, 4) is 0 Å². The molecule has 1 saturated heterocycles. The Kier molecular flexibility index (Phi) is 5.77. The molecule has 1 aliphatic heterocycles. The summed E-state index contributed by atoms with van der Waals surface area (Å²) in [7, 11) is 1.74. The fourth-order valence-electron chi connectivity index (χ4n) is 3.30. The van der Waals surface area contributed by atoms with Crippen molar-refractivity contribution in [2.24, 2.45) is 0 Å². The quantitative estimate of drug-likeness (QED) is 0.610. The van der Waals surface area contributed by atoms with Gasteiger partial charge >= 0.3 is 6.09 Å². The molecule has 4 rings (SSSR count). The number of ether oxygens (including phenoxy) is 1. The van der Waals surface area contributed by atoms with Crippen molar-refractivity contribution in [2.75, 3.05) is 30.4 Å². The highest BCUT2D eigenvalue weighted by molar-refractivity contribution is 6.31. The van der Waals surface area contributed by atoms with Gasteiger partial charge in [-0.2, -0.15) is 0 Å². The SMILES string of the molecule is CN(C(=O)OC(C)(C)C)C1CN(c2ccc3ncnc(Nc4cccc(Cl)c4F)c3n2)C1. The van der Waals surface area contributed by atoms with E-state index < -0.39 is 11.4 Å². The predicted molar refractivity (Wildman–Crippen MR) is 122 cm³/mol. The van der Waals surface area contributed by atoms with Crippen LogP contribution in [0.25, 0.3) is 11.0 Å². The topological polar surface area (TPSA) is 83.5 Å². The number of nitrogens with one attached hydrogen (secondary N) is 1. The maximum Gasteiger partial charge on any atom is 0.410 e. The Hall–Kier alpha value is -3.20. The van der Waals surface area contributed by atoms with E-state index in [0.29, 0.717) is 29.9 Å². The molecule has 0 saturated carbocycles. The maximum absolute atomic E-state index is 14.3. The minimum Gasteiger partial charge on any atom is -0.444 e. The second kappa shape index (κ2) is 8.38. The van der Waals surface area contributed by atoms with Gasteiger partial charge in [0.1, 0.15) is 23.3 Å². The van der Waals surface area contributed by atoms with Gasteiger partial charge in [-0.3, -0.25) is 0 Å². The highest BCUT2D eigenvalue weighted by Gasteiger charge is 2.35. The minimum atomic E-state index is -0.562. The molecule has 0 radical (unpaired) electrons. The summed E-state index contributed by atoms with van der Waals surface area (Å²) in [6.45, 7) is 6.76. The number of hydrogen-bond donors (Lipinski definition) is 1. The Labute approximate surface area is 190 Å². The van der Waals surface area contributed by atoms with Gasteiger partial charge in [-0.25, -0.2) is 24.1 Å². The second-order valence-electron chi connectivity index (χ2n) is 8.64. The smallest absolute Gasteiger partial charge is 0.410 e. The first-order chi connectivity index (χ1) is 15.1. The molecule has 10 heteroatoms. The van der Waals surface area contributed by atoms with Crippen LogP contribution in [0.5, 0.6) is 0 Å². The van der Waals surface area contributed by atoms with Crippen molar-refractivity contribution in [3.63, 3.8) is 0 Å². The molecule has 0 atom stereocenters. The number of hydrogen-bond acceptors (Lipinski definition) is 7. The molecule has 0 bridgehead atoms. The highest BCUT2D eigenvalue weighted by atomic mass is 35.5. The average molecular weight is 459 g/mol. The van der Waals surface area contributed by atoms with Crippen LogP contribution in [0.4, 0.5) is 26.5 Å². The summed E-state index contributed by atoms with van der Waals surface area (Å²) >= 11 is 5.88. The van der Waals surface area contributed by atoms with E-state index in [4.69, 9.17) is 21.3 Å². The number of benzene rings is 1. The van der Waals surface area contributed by atoms with E-state index in [1.807, 2.05) is 37.8 Å². The first-order valence-corrected chi connectivity index (χ1v) is 10.5. The lowest BCUT2D eigenvalue weighted by Crippen LogP contribution is -2.60. The molecule has 1 aromatic carbocycles. The lowest BCUT2D eigenvalue weighted by atomic mass is 10.1. The molecule has 1 fully saturated rings. The molecule has 168 valence electrons. The molecular formula is C22H24ClFN6O2. The molecule has 32 heavy (non-hydrogen) atoms. The number of carbonyl (C=O) groups is 1. The number of halogens is 2. The first kappa shape index (κ1) is 22.0. The molecule has 3 aromatic rings. The molecule has 1 amide bonds. The monoisotopic (exact) mass is 458 g/mol. The van der Waals surface area contributed by atoms with Crippen molar-refractivity contribution in [2.45, 2.75) is 32.4 Å². The fourth-order valence-corrected chi connectivity index (χ4v) is 3.47. The van der Waals surface area contributed by atoms with E-state index in [1.54, 1.807) is 24.1 Å². The van der Waals surface area contributed by atoms with Gasteiger partial charge in [-0.15, -0.1) is 0 Å². The number of pyridine rings is 1. The number of amides is 1. The van der Waals surface area contributed by atoms with Crippen LogP contribution >= 0.6 is 11.6 Å². The molecule has 2 aromatic heterocycles. The van der Waals surface area contributed by atoms with Gasteiger partial charge in [0.2, 0.25) is 0 Å². The van der Waals surface area contributed by atoms with Gasteiger partial charge < -0.3 is 19.9 Å². The summed E-state index contributed by atoms with van der Waals surface area (Å²) in [4.78, 5) is 29.1. The Morgan fingerprint density at radius 1 is 1.25 bits per heavy atom. The molecule has 1 N–H and O–H groups in total. The van der Waals surface area contributed by atoms with Crippen LogP contribution in [0.1, 0.15) is 20.8 Å². The molecule has 0 aliphatic carbocycles.